The molecule has 3 aromatic carbocycles. The summed E-state index contributed by atoms with van der Waals surface area (Å²) in [6.07, 6.45) is 0. The summed E-state index contributed by atoms with van der Waals surface area (Å²) in [7, 11) is -2.51. The van der Waals surface area contributed by atoms with E-state index in [9.17, 15) is 13.2 Å². The largest absolute Gasteiger partial charge is 0.495 e. The van der Waals surface area contributed by atoms with Crippen LogP contribution in [0.1, 0.15) is 25.3 Å². The van der Waals surface area contributed by atoms with Crippen molar-refractivity contribution in [2.24, 2.45) is 0 Å². The summed E-state index contributed by atoms with van der Waals surface area (Å²) < 4.78 is 33.2. The molecule has 0 saturated heterocycles. The molecular weight excluding hydrogens is 448 g/mol. The summed E-state index contributed by atoms with van der Waals surface area (Å²) in [4.78, 5) is 13.0. The second kappa shape index (κ2) is 10.1. The minimum absolute atomic E-state index is 0.0982. The number of hydrogen-bond acceptors (Lipinski definition) is 4. The summed E-state index contributed by atoms with van der Waals surface area (Å²) >= 11 is 6.04. The number of anilines is 2. The van der Waals surface area contributed by atoms with Crippen molar-refractivity contribution in [2.45, 2.75) is 24.7 Å². The lowest BCUT2D eigenvalue weighted by Crippen LogP contribution is -2.38. The number of ether oxygens (including phenoxy) is 1. The van der Waals surface area contributed by atoms with Gasteiger partial charge in [-0.05, 0) is 53.9 Å². The molecule has 0 radical (unpaired) electrons. The quantitative estimate of drug-likeness (QED) is 0.482. The van der Waals surface area contributed by atoms with Crippen molar-refractivity contribution in [3.63, 3.8) is 0 Å². The number of amides is 1. The topological polar surface area (TPSA) is 75.7 Å². The number of rotatable bonds is 8. The standard InChI is InChI=1S/C24H25ClN2O4S/c1-17(2)18-9-12-20(13-10-18)27(32(29,30)21-7-5-4-6-8-21)16-24(28)26-22-15-19(25)11-14-23(22)31-3/h4-15,17H,16H2,1-3H3,(H,26,28). The Morgan fingerprint density at radius 2 is 1.69 bits per heavy atom. The van der Waals surface area contributed by atoms with E-state index >= 15 is 0 Å². The zero-order valence-electron chi connectivity index (χ0n) is 18.1. The highest BCUT2D eigenvalue weighted by molar-refractivity contribution is 7.92. The molecule has 168 valence electrons. The van der Waals surface area contributed by atoms with Gasteiger partial charge >= 0.3 is 0 Å². The van der Waals surface area contributed by atoms with Crippen molar-refractivity contribution < 1.29 is 17.9 Å². The second-order valence-corrected chi connectivity index (χ2v) is 9.76. The van der Waals surface area contributed by atoms with Crippen LogP contribution in [0.5, 0.6) is 5.75 Å². The molecule has 6 nitrogen and oxygen atoms in total. The second-order valence-electron chi connectivity index (χ2n) is 7.46. The lowest BCUT2D eigenvalue weighted by Gasteiger charge is -2.24. The molecule has 0 aliphatic carbocycles. The van der Waals surface area contributed by atoms with Crippen molar-refractivity contribution in [3.05, 3.63) is 83.4 Å². The third-order valence-electron chi connectivity index (χ3n) is 4.90. The highest BCUT2D eigenvalue weighted by Gasteiger charge is 2.27. The summed E-state index contributed by atoms with van der Waals surface area (Å²) in [5.74, 6) is 0.182. The number of carbonyl (C=O) groups excluding carboxylic acids is 1. The SMILES string of the molecule is COc1ccc(Cl)cc1NC(=O)CN(c1ccc(C(C)C)cc1)S(=O)(=O)c1ccccc1. The molecule has 0 saturated carbocycles. The fourth-order valence-corrected chi connectivity index (χ4v) is 4.77. The van der Waals surface area contributed by atoms with Gasteiger partial charge in [0.05, 0.1) is 23.4 Å². The molecule has 0 bridgehead atoms. The third-order valence-corrected chi connectivity index (χ3v) is 6.92. The molecule has 0 atom stereocenters. The van der Waals surface area contributed by atoms with Gasteiger partial charge in [0.15, 0.2) is 0 Å². The molecule has 0 unspecified atom stereocenters. The maximum atomic E-state index is 13.4. The minimum Gasteiger partial charge on any atom is -0.495 e. The van der Waals surface area contributed by atoms with Crippen LogP contribution in [-0.4, -0.2) is 28.0 Å². The van der Waals surface area contributed by atoms with Gasteiger partial charge in [0.2, 0.25) is 5.91 Å². The normalized spacial score (nSPS) is 11.3. The van der Waals surface area contributed by atoms with Crippen LogP contribution >= 0.6 is 11.6 Å². The average Bonchev–Trinajstić information content (AvgIpc) is 2.78. The first-order chi connectivity index (χ1) is 15.2. The fraction of sp³-hybridized carbons (Fsp3) is 0.208. The van der Waals surface area contributed by atoms with Crippen LogP contribution in [0, 0.1) is 0 Å². The molecule has 0 aromatic heterocycles. The van der Waals surface area contributed by atoms with Crippen molar-refractivity contribution in [1.29, 1.82) is 0 Å². The summed E-state index contributed by atoms with van der Waals surface area (Å²) in [5, 5.41) is 3.12. The van der Waals surface area contributed by atoms with Crippen molar-refractivity contribution in [3.8, 4) is 5.75 Å². The Kier molecular flexibility index (Phi) is 7.43. The monoisotopic (exact) mass is 472 g/mol. The first kappa shape index (κ1) is 23.6. The molecule has 1 amide bonds. The molecule has 0 fully saturated rings. The van der Waals surface area contributed by atoms with Crippen molar-refractivity contribution in [2.75, 3.05) is 23.3 Å². The van der Waals surface area contributed by atoms with Crippen LogP contribution in [-0.2, 0) is 14.8 Å². The van der Waals surface area contributed by atoms with Gasteiger partial charge in [0, 0.05) is 5.02 Å². The van der Waals surface area contributed by atoms with Crippen LogP contribution in [0.3, 0.4) is 0 Å². The first-order valence-corrected chi connectivity index (χ1v) is 11.9. The Morgan fingerprint density at radius 1 is 1.03 bits per heavy atom. The molecule has 3 aromatic rings. The highest BCUT2D eigenvalue weighted by Crippen LogP contribution is 2.29. The summed E-state index contributed by atoms with van der Waals surface area (Å²) in [6.45, 7) is 3.69. The van der Waals surface area contributed by atoms with E-state index in [2.05, 4.69) is 19.2 Å². The van der Waals surface area contributed by atoms with Crippen molar-refractivity contribution in [1.82, 2.24) is 0 Å². The third kappa shape index (κ3) is 5.41. The number of nitrogens with zero attached hydrogens (tertiary/aromatic N) is 1. The Labute approximate surface area is 193 Å². The number of hydrogen-bond donors (Lipinski definition) is 1. The van der Waals surface area contributed by atoms with E-state index in [4.69, 9.17) is 16.3 Å². The van der Waals surface area contributed by atoms with E-state index in [1.807, 2.05) is 12.1 Å². The summed E-state index contributed by atoms with van der Waals surface area (Å²) in [6, 6.07) is 20.0. The molecule has 8 heteroatoms. The lowest BCUT2D eigenvalue weighted by atomic mass is 10.0. The van der Waals surface area contributed by atoms with Crippen LogP contribution in [0.25, 0.3) is 0 Å². The zero-order valence-corrected chi connectivity index (χ0v) is 19.7. The predicted molar refractivity (Wildman–Crippen MR) is 128 cm³/mol. The average molecular weight is 473 g/mol. The van der Waals surface area contributed by atoms with E-state index in [0.29, 0.717) is 28.1 Å². The smallest absolute Gasteiger partial charge is 0.264 e. The van der Waals surface area contributed by atoms with Gasteiger partial charge in [0.1, 0.15) is 12.3 Å². The zero-order chi connectivity index (χ0) is 23.3. The number of carbonyl (C=O) groups is 1. The fourth-order valence-electron chi connectivity index (χ4n) is 3.16. The maximum absolute atomic E-state index is 13.4. The van der Waals surface area contributed by atoms with Crippen molar-refractivity contribution >= 4 is 38.9 Å². The van der Waals surface area contributed by atoms with Crippen LogP contribution in [0.2, 0.25) is 5.02 Å². The molecule has 0 spiro atoms. The first-order valence-electron chi connectivity index (χ1n) is 10.0. The molecular formula is C24H25ClN2O4S. The van der Waals surface area contributed by atoms with Gasteiger partial charge in [-0.15, -0.1) is 0 Å². The molecule has 3 rings (SSSR count). The Hall–Kier alpha value is -3.03. The number of sulfonamides is 1. The molecule has 0 heterocycles. The van der Waals surface area contributed by atoms with E-state index in [-0.39, 0.29) is 4.90 Å². The Bertz CT molecular complexity index is 1180. The number of nitrogens with one attached hydrogen (secondary N) is 1. The number of halogens is 1. The number of methoxy groups -OCH3 is 1. The van der Waals surface area contributed by atoms with Gasteiger partial charge in [-0.3, -0.25) is 9.10 Å². The van der Waals surface area contributed by atoms with Gasteiger partial charge in [-0.2, -0.15) is 0 Å². The Morgan fingerprint density at radius 3 is 2.28 bits per heavy atom. The van der Waals surface area contributed by atoms with Crippen LogP contribution in [0.4, 0.5) is 11.4 Å². The lowest BCUT2D eigenvalue weighted by molar-refractivity contribution is -0.114. The minimum atomic E-state index is -3.98. The van der Waals surface area contributed by atoms with Gasteiger partial charge in [-0.1, -0.05) is 55.8 Å². The van der Waals surface area contributed by atoms with E-state index in [0.717, 1.165) is 9.87 Å². The molecule has 32 heavy (non-hydrogen) atoms. The molecule has 1 N–H and O–H groups in total. The van der Waals surface area contributed by atoms with Gasteiger partial charge in [0.25, 0.3) is 10.0 Å². The Balaban J connectivity index is 1.96. The predicted octanol–water partition coefficient (Wildman–Crippen LogP) is 5.31. The van der Waals surface area contributed by atoms with Gasteiger partial charge in [-0.25, -0.2) is 8.42 Å². The van der Waals surface area contributed by atoms with E-state index in [1.54, 1.807) is 48.5 Å². The van der Waals surface area contributed by atoms with Crippen LogP contribution in [0.15, 0.2) is 77.7 Å². The van der Waals surface area contributed by atoms with Crippen LogP contribution < -0.4 is 14.4 Å². The molecule has 0 aliphatic heterocycles. The molecule has 0 aliphatic rings. The van der Waals surface area contributed by atoms with E-state index in [1.165, 1.54) is 19.2 Å². The number of benzene rings is 3. The maximum Gasteiger partial charge on any atom is 0.264 e. The van der Waals surface area contributed by atoms with Gasteiger partial charge < -0.3 is 10.1 Å². The highest BCUT2D eigenvalue weighted by atomic mass is 35.5. The summed E-state index contributed by atoms with van der Waals surface area (Å²) in [5.41, 5.74) is 1.82. The van der Waals surface area contributed by atoms with E-state index < -0.39 is 22.5 Å².